The van der Waals surface area contributed by atoms with Crippen molar-refractivity contribution >= 4 is 145 Å². The third-order valence-corrected chi connectivity index (χ3v) is 16.4. The van der Waals surface area contributed by atoms with E-state index in [-0.39, 0.29) is 153 Å². The van der Waals surface area contributed by atoms with Crippen LogP contribution in [0.25, 0.3) is 21.5 Å². The standard InChI is InChI=1S/C31H30Cl3N7O18S6.Cu.4Na/c32-4-8-60(44,45)10-6-41(7-11-61(46,47)9-5-33)31-37-29(34)36-30(38-31)35-19-14-17(62(48,49)50)12-16-13-23(65(57,58)59)26(28(43)24(16)19)40-39-20-15-22(64(54,55)56)18-2-1-3-21(63(51,52)53)25(18)27(20)42;;;;;/h1-3,12-15,42-43H,4-11H2,(H,48,49,50)(H,51,52,53)(H,54,55,56)(H,57,58,59)(H,35,36,37,38);;;;;/q;+2;4*+1/p-6. The van der Waals surface area contributed by atoms with Crippen LogP contribution in [0.2, 0.25) is 5.28 Å². The molecule has 1 N–H and O–H groups in total. The van der Waals surface area contributed by atoms with Gasteiger partial charge < -0.3 is 38.6 Å². The largest absolute Gasteiger partial charge is 2.00 e. The van der Waals surface area contributed by atoms with Crippen molar-refractivity contribution in [3.05, 3.63) is 47.7 Å². The van der Waals surface area contributed by atoms with E-state index in [1.165, 1.54) is 0 Å². The summed E-state index contributed by atoms with van der Waals surface area (Å²) < 4.78 is 197. The molecule has 0 saturated heterocycles. The van der Waals surface area contributed by atoms with Crippen LogP contribution in [0.3, 0.4) is 0 Å². The molecule has 70 heavy (non-hydrogen) atoms. The minimum atomic E-state index is -5.89. The van der Waals surface area contributed by atoms with Crippen LogP contribution < -0.4 is 139 Å². The number of hydrogen-bond donors (Lipinski definition) is 1. The van der Waals surface area contributed by atoms with E-state index in [0.29, 0.717) is 24.3 Å². The summed E-state index contributed by atoms with van der Waals surface area (Å²) in [4.78, 5) is 7.40. The number of anilines is 3. The molecular weight excluding hydrogens is 1210 g/mol. The number of aromatic nitrogens is 3. The van der Waals surface area contributed by atoms with E-state index in [1.807, 2.05) is 0 Å². The summed E-state index contributed by atoms with van der Waals surface area (Å²) >= 11 is 17.3. The Bertz CT molecular complexity index is 3470. The second kappa shape index (κ2) is 27.5. The summed E-state index contributed by atoms with van der Waals surface area (Å²) in [5.41, 5.74) is -3.56. The summed E-state index contributed by atoms with van der Waals surface area (Å²) in [6.07, 6.45) is 0. The summed E-state index contributed by atoms with van der Waals surface area (Å²) in [5, 5.41) is 32.5. The van der Waals surface area contributed by atoms with Crippen molar-refractivity contribution in [1.82, 2.24) is 15.0 Å². The Hall–Kier alpha value is 0.139. The molecule has 0 bridgehead atoms. The molecule has 0 fully saturated rings. The van der Waals surface area contributed by atoms with Gasteiger partial charge in [-0.25, -0.2) is 50.5 Å². The monoisotopic (exact) mass is 1230 g/mol. The van der Waals surface area contributed by atoms with Gasteiger partial charge in [-0.1, -0.05) is 23.6 Å². The van der Waals surface area contributed by atoms with E-state index in [0.717, 1.165) is 17.0 Å². The summed E-state index contributed by atoms with van der Waals surface area (Å²) in [6, 6.07) is 3.77. The normalized spacial score (nSPS) is 12.3. The number of rotatable bonds is 19. The van der Waals surface area contributed by atoms with Gasteiger partial charge in [0.25, 0.3) is 0 Å². The SMILES string of the molecule is O=S(=O)(CCCl)CCN(CCS(=O)(=O)CCCl)c1nc(Cl)nc(Nc2cc(S(=O)(=O)[O-])cc3cc(S(=O)(=O)[O-])c(N=Nc4cc(S(=O)(=O)[O-])c5cccc(S(=O)(=O)[O-])c5c4[O-])c([O-])c23)n1.[Cu+2].[Na+].[Na+].[Na+].[Na+]. The van der Waals surface area contributed by atoms with Gasteiger partial charge in [-0.3, -0.25) is 0 Å². The molecule has 363 valence electrons. The molecule has 0 aliphatic heterocycles. The van der Waals surface area contributed by atoms with E-state index in [2.05, 4.69) is 30.5 Å². The van der Waals surface area contributed by atoms with Crippen LogP contribution in [0.4, 0.5) is 29.0 Å². The van der Waals surface area contributed by atoms with Crippen molar-refractivity contribution in [2.75, 3.05) is 58.1 Å². The first-order valence-electron chi connectivity index (χ1n) is 17.2. The summed E-state index contributed by atoms with van der Waals surface area (Å²) in [5.74, 6) is -7.29. The van der Waals surface area contributed by atoms with Crippen molar-refractivity contribution in [3.8, 4) is 11.5 Å². The fourth-order valence-corrected chi connectivity index (χ4v) is 11.8. The average molecular weight is 1240 g/mol. The predicted octanol–water partition coefficient (Wildman–Crippen LogP) is -11.1. The smallest absolute Gasteiger partial charge is 0.871 e. The average Bonchev–Trinajstić information content (AvgIpc) is 3.15. The maximum atomic E-state index is 14.2. The van der Waals surface area contributed by atoms with E-state index in [4.69, 9.17) is 34.8 Å². The van der Waals surface area contributed by atoms with Crippen LogP contribution in [0.15, 0.2) is 72.3 Å². The van der Waals surface area contributed by atoms with E-state index < -0.39 is 183 Å². The van der Waals surface area contributed by atoms with Crippen LogP contribution in [-0.2, 0) is 77.2 Å². The Morgan fingerprint density at radius 3 is 1.61 bits per heavy atom. The van der Waals surface area contributed by atoms with Gasteiger partial charge in [0.1, 0.15) is 40.5 Å². The van der Waals surface area contributed by atoms with Gasteiger partial charge in [0, 0.05) is 30.5 Å². The molecule has 5 rings (SSSR count). The van der Waals surface area contributed by atoms with Gasteiger partial charge in [-0.15, -0.1) is 28.3 Å². The number of nitrogens with one attached hydrogen (secondary N) is 1. The molecule has 5 aromatic rings. The molecule has 0 unspecified atom stereocenters. The molecule has 0 saturated carbocycles. The first kappa shape index (κ1) is 70.1. The molecule has 39 heteroatoms. The molecule has 1 aromatic heterocycles. The number of benzene rings is 4. The maximum Gasteiger partial charge on any atom is 2.00 e. The number of azo groups is 1. The second-order valence-electron chi connectivity index (χ2n) is 13.1. The molecule has 0 amide bonds. The number of fused-ring (bicyclic) bond motifs is 2. The minimum Gasteiger partial charge on any atom is -0.871 e. The van der Waals surface area contributed by atoms with Crippen molar-refractivity contribution < 1.29 is 214 Å². The summed E-state index contributed by atoms with van der Waals surface area (Å²) in [7, 11) is -30.3. The molecule has 0 spiro atoms. The van der Waals surface area contributed by atoms with E-state index >= 15 is 0 Å². The zero-order valence-corrected chi connectivity index (χ0v) is 52.2. The van der Waals surface area contributed by atoms with Crippen LogP contribution >= 0.6 is 34.8 Å². The number of hydrogen-bond acceptors (Lipinski definition) is 25. The molecule has 1 heterocycles. The molecule has 0 aliphatic rings. The third-order valence-electron chi connectivity index (χ3n) is 8.72. The van der Waals surface area contributed by atoms with Gasteiger partial charge in [0.2, 0.25) is 17.2 Å². The zero-order chi connectivity index (χ0) is 48.7. The quantitative estimate of drug-likeness (QED) is 0.0347. The topological polar surface area (TPSA) is 422 Å². The maximum absolute atomic E-state index is 14.2. The van der Waals surface area contributed by atoms with Crippen molar-refractivity contribution in [1.29, 1.82) is 0 Å². The summed E-state index contributed by atoms with van der Waals surface area (Å²) in [6.45, 7) is -0.960. The Balaban J connectivity index is 0.00000952. The van der Waals surface area contributed by atoms with Crippen molar-refractivity contribution in [2.24, 2.45) is 10.2 Å². The predicted molar refractivity (Wildman–Crippen MR) is 222 cm³/mol. The fourth-order valence-electron chi connectivity index (χ4n) is 5.84. The first-order chi connectivity index (χ1) is 29.9. The fraction of sp³-hybridized carbons (Fsp3) is 0.258. The van der Waals surface area contributed by atoms with Gasteiger partial charge in [0.15, 0.2) is 19.7 Å². The van der Waals surface area contributed by atoms with Crippen LogP contribution in [0.1, 0.15) is 0 Å². The number of alkyl halides is 2. The van der Waals surface area contributed by atoms with Crippen LogP contribution in [0, 0.1) is 0 Å². The van der Waals surface area contributed by atoms with Gasteiger partial charge in [-0.05, 0) is 63.5 Å². The van der Waals surface area contributed by atoms with E-state index in [9.17, 15) is 78.9 Å². The molecule has 0 atom stereocenters. The Morgan fingerprint density at radius 2 is 1.13 bits per heavy atom. The zero-order valence-electron chi connectivity index (χ0n) is 36.1. The molecular formula is C31H24Cl3CuN7Na4O18S6. The van der Waals surface area contributed by atoms with Gasteiger partial charge in [0.05, 0.1) is 54.0 Å². The van der Waals surface area contributed by atoms with Crippen LogP contribution in [-0.4, -0.2) is 132 Å². The number of halogens is 3. The third kappa shape index (κ3) is 17.9. The number of sulfone groups is 2. The Morgan fingerprint density at radius 1 is 0.600 bits per heavy atom. The Labute approximate surface area is 514 Å². The first-order valence-corrected chi connectivity index (χ1v) is 27.9. The van der Waals surface area contributed by atoms with Crippen LogP contribution in [0.5, 0.6) is 11.5 Å². The van der Waals surface area contributed by atoms with E-state index in [1.54, 1.807) is 0 Å². The second-order valence-corrected chi connectivity index (χ2v) is 24.2. The molecule has 4 aromatic carbocycles. The van der Waals surface area contributed by atoms with Gasteiger partial charge in [-0.2, -0.15) is 20.1 Å². The van der Waals surface area contributed by atoms with Crippen molar-refractivity contribution in [2.45, 2.75) is 19.6 Å². The molecule has 25 nitrogen and oxygen atoms in total. The molecule has 1 radical (unpaired) electrons. The molecule has 0 aliphatic carbocycles. The minimum absolute atomic E-state index is 0. The number of nitrogens with zero attached hydrogens (tertiary/aromatic N) is 6. The van der Waals surface area contributed by atoms with Crippen molar-refractivity contribution in [3.63, 3.8) is 0 Å². The Kier molecular flexibility index (Phi) is 27.5. The van der Waals surface area contributed by atoms with Gasteiger partial charge >= 0.3 is 135 Å².